The lowest BCUT2D eigenvalue weighted by Gasteiger charge is -2.00. The van der Waals surface area contributed by atoms with E-state index >= 15 is 0 Å². The fourth-order valence-electron chi connectivity index (χ4n) is 1.08. The molecule has 1 rings (SSSR count). The van der Waals surface area contributed by atoms with Crippen LogP contribution in [-0.4, -0.2) is 13.0 Å². The van der Waals surface area contributed by atoms with Crippen molar-refractivity contribution < 1.29 is 13.0 Å². The summed E-state index contributed by atoms with van der Waals surface area (Å²) >= 11 is 0. The molecule has 74 valence electrons. The molecule has 0 heterocycles. The molecule has 0 aliphatic carbocycles. The van der Waals surface area contributed by atoms with E-state index in [0.29, 0.717) is 0 Å². The molecule has 5 heteroatoms. The van der Waals surface area contributed by atoms with Gasteiger partial charge in [0.05, 0.1) is 4.90 Å². The zero-order chi connectivity index (χ0) is 9.35. The van der Waals surface area contributed by atoms with Crippen molar-refractivity contribution in [1.29, 1.82) is 0 Å². The second-order valence-corrected chi connectivity index (χ2v) is 4.22. The molecule has 0 fully saturated rings. The van der Waals surface area contributed by atoms with Gasteiger partial charge in [-0.1, -0.05) is 6.07 Å². The zero-order valence-corrected chi connectivity index (χ0v) is 8.95. The van der Waals surface area contributed by atoms with Gasteiger partial charge in [0.25, 0.3) is 10.1 Å². The molecule has 1 N–H and O–H groups in total. The molecule has 13 heavy (non-hydrogen) atoms. The molecule has 0 saturated heterocycles. The predicted octanol–water partition coefficient (Wildman–Crippen LogP) is 1.97. The summed E-state index contributed by atoms with van der Waals surface area (Å²) in [4.78, 5) is -0.0417. The monoisotopic (exact) mass is 222 g/mol. The van der Waals surface area contributed by atoms with Crippen LogP contribution in [0.1, 0.15) is 11.1 Å². The minimum Gasteiger partial charge on any atom is -0.282 e. The highest BCUT2D eigenvalue weighted by molar-refractivity contribution is 7.85. The molecule has 0 atom stereocenters. The van der Waals surface area contributed by atoms with Crippen molar-refractivity contribution in [3.8, 4) is 0 Å². The third-order valence-corrected chi connectivity index (χ3v) is 2.32. The average Bonchev–Trinajstić information content (AvgIpc) is 1.82. The minimum atomic E-state index is -4.05. The van der Waals surface area contributed by atoms with Crippen LogP contribution in [0.4, 0.5) is 0 Å². The van der Waals surface area contributed by atoms with Gasteiger partial charge < -0.3 is 0 Å². The molecule has 1 aromatic carbocycles. The van der Waals surface area contributed by atoms with Crippen LogP contribution in [0.15, 0.2) is 23.1 Å². The first-order chi connectivity index (χ1) is 5.39. The fourth-order valence-corrected chi connectivity index (χ4v) is 1.75. The van der Waals surface area contributed by atoms with Gasteiger partial charge in [0, 0.05) is 0 Å². The van der Waals surface area contributed by atoms with Gasteiger partial charge in [-0.2, -0.15) is 8.42 Å². The smallest absolute Gasteiger partial charge is 0.282 e. The van der Waals surface area contributed by atoms with Gasteiger partial charge in [-0.05, 0) is 37.1 Å². The lowest BCUT2D eigenvalue weighted by atomic mass is 10.2. The summed E-state index contributed by atoms with van der Waals surface area (Å²) in [6.07, 6.45) is 0. The van der Waals surface area contributed by atoms with Gasteiger partial charge in [-0.3, -0.25) is 4.55 Å². The number of rotatable bonds is 1. The number of benzene rings is 1. The summed E-state index contributed by atoms with van der Waals surface area (Å²) in [5.74, 6) is 0. The quantitative estimate of drug-likeness (QED) is 0.740. The summed E-state index contributed by atoms with van der Waals surface area (Å²) in [6.45, 7) is 3.56. The lowest BCUT2D eigenvalue weighted by molar-refractivity contribution is 0.483. The molecular formula is C8H11ClO3S. The molecule has 0 aliphatic heterocycles. The highest BCUT2D eigenvalue weighted by Gasteiger charge is 2.09. The van der Waals surface area contributed by atoms with E-state index in [1.807, 2.05) is 6.07 Å². The first-order valence-electron chi connectivity index (χ1n) is 3.45. The molecule has 0 bridgehead atoms. The highest BCUT2D eigenvalue weighted by atomic mass is 35.5. The summed E-state index contributed by atoms with van der Waals surface area (Å²) < 4.78 is 30.1. The first kappa shape index (κ1) is 12.4. The Kier molecular flexibility index (Phi) is 3.90. The molecule has 1 aromatic rings. The highest BCUT2D eigenvalue weighted by Crippen LogP contribution is 2.13. The van der Waals surface area contributed by atoms with Crippen LogP contribution >= 0.6 is 12.4 Å². The van der Waals surface area contributed by atoms with Gasteiger partial charge in [0.1, 0.15) is 0 Å². The second kappa shape index (κ2) is 4.09. The number of halogens is 1. The average molecular weight is 223 g/mol. The van der Waals surface area contributed by atoms with E-state index in [2.05, 4.69) is 0 Å². The van der Waals surface area contributed by atoms with Crippen LogP contribution in [0.5, 0.6) is 0 Å². The normalized spacial score (nSPS) is 10.7. The summed E-state index contributed by atoms with van der Waals surface area (Å²) in [5.41, 5.74) is 1.64. The van der Waals surface area contributed by atoms with Gasteiger partial charge in [-0.25, -0.2) is 0 Å². The SMILES string of the molecule is Cc1cc(C)cc(S(=O)(=O)O)c1.Cl. The van der Waals surface area contributed by atoms with Crippen molar-refractivity contribution in [3.63, 3.8) is 0 Å². The Bertz CT molecular complexity index is 378. The molecule has 0 spiro atoms. The van der Waals surface area contributed by atoms with Crippen LogP contribution in [-0.2, 0) is 10.1 Å². The largest absolute Gasteiger partial charge is 0.294 e. The number of aryl methyl sites for hydroxylation is 2. The van der Waals surface area contributed by atoms with E-state index in [0.717, 1.165) is 11.1 Å². The van der Waals surface area contributed by atoms with Crippen molar-refractivity contribution in [2.75, 3.05) is 0 Å². The summed E-state index contributed by atoms with van der Waals surface area (Å²) in [6, 6.07) is 4.71. The third-order valence-electron chi connectivity index (χ3n) is 1.49. The maximum atomic E-state index is 10.7. The third kappa shape index (κ3) is 3.34. The van der Waals surface area contributed by atoms with E-state index in [4.69, 9.17) is 4.55 Å². The maximum absolute atomic E-state index is 10.7. The second-order valence-electron chi connectivity index (χ2n) is 2.80. The topological polar surface area (TPSA) is 54.4 Å². The molecule has 0 aromatic heterocycles. The Morgan fingerprint density at radius 1 is 1.08 bits per heavy atom. The van der Waals surface area contributed by atoms with Crippen molar-refractivity contribution in [2.45, 2.75) is 18.7 Å². The van der Waals surface area contributed by atoms with Crippen LogP contribution in [0.3, 0.4) is 0 Å². The van der Waals surface area contributed by atoms with E-state index in [1.54, 1.807) is 13.8 Å². The molecule has 0 aliphatic rings. The van der Waals surface area contributed by atoms with Gasteiger partial charge in [-0.15, -0.1) is 12.4 Å². The predicted molar refractivity (Wildman–Crippen MR) is 53.0 cm³/mol. The van der Waals surface area contributed by atoms with Crippen LogP contribution < -0.4 is 0 Å². The van der Waals surface area contributed by atoms with Gasteiger partial charge in [0.2, 0.25) is 0 Å². The standard InChI is InChI=1S/C8H10O3S.ClH/c1-6-3-7(2)5-8(4-6)12(9,10)11;/h3-5H,1-2H3,(H,9,10,11);1H. The summed E-state index contributed by atoms with van der Waals surface area (Å²) in [5, 5.41) is 0. The summed E-state index contributed by atoms with van der Waals surface area (Å²) in [7, 11) is -4.05. The Morgan fingerprint density at radius 3 is 1.77 bits per heavy atom. The first-order valence-corrected chi connectivity index (χ1v) is 4.89. The van der Waals surface area contributed by atoms with Crippen molar-refractivity contribution in [1.82, 2.24) is 0 Å². The molecule has 0 amide bonds. The zero-order valence-electron chi connectivity index (χ0n) is 7.31. The van der Waals surface area contributed by atoms with Crippen molar-refractivity contribution in [3.05, 3.63) is 29.3 Å². The Morgan fingerprint density at radius 2 is 1.46 bits per heavy atom. The number of hydrogen-bond acceptors (Lipinski definition) is 2. The lowest BCUT2D eigenvalue weighted by Crippen LogP contribution is -1.98. The maximum Gasteiger partial charge on any atom is 0.294 e. The van der Waals surface area contributed by atoms with E-state index in [-0.39, 0.29) is 17.3 Å². The van der Waals surface area contributed by atoms with E-state index in [9.17, 15) is 8.42 Å². The fraction of sp³-hybridized carbons (Fsp3) is 0.250. The molecular weight excluding hydrogens is 212 g/mol. The van der Waals surface area contributed by atoms with Crippen LogP contribution in [0.2, 0.25) is 0 Å². The Balaban J connectivity index is 0.00000144. The Labute approximate surface area is 83.9 Å². The molecule has 0 unspecified atom stereocenters. The van der Waals surface area contributed by atoms with E-state index in [1.165, 1.54) is 12.1 Å². The minimum absolute atomic E-state index is 0. The molecule has 0 radical (unpaired) electrons. The van der Waals surface area contributed by atoms with Crippen LogP contribution in [0, 0.1) is 13.8 Å². The number of hydrogen-bond donors (Lipinski definition) is 1. The van der Waals surface area contributed by atoms with Crippen molar-refractivity contribution in [2.24, 2.45) is 0 Å². The molecule has 3 nitrogen and oxygen atoms in total. The van der Waals surface area contributed by atoms with Gasteiger partial charge in [0.15, 0.2) is 0 Å². The van der Waals surface area contributed by atoms with Gasteiger partial charge >= 0.3 is 0 Å². The Hall–Kier alpha value is -0.580. The van der Waals surface area contributed by atoms with Crippen LogP contribution in [0.25, 0.3) is 0 Å². The van der Waals surface area contributed by atoms with Crippen molar-refractivity contribution >= 4 is 22.5 Å². The van der Waals surface area contributed by atoms with E-state index < -0.39 is 10.1 Å². The molecule has 0 saturated carbocycles.